The number of aromatic nitrogens is 3. The fourth-order valence-electron chi connectivity index (χ4n) is 0.599. The zero-order valence-electron chi connectivity index (χ0n) is 6.73. The van der Waals surface area contributed by atoms with Crippen molar-refractivity contribution in [3.63, 3.8) is 0 Å². The molecule has 5 nitrogen and oxygen atoms in total. The quantitative estimate of drug-likeness (QED) is 0.607. The lowest BCUT2D eigenvalue weighted by molar-refractivity contribution is -0.144. The molecule has 0 spiro atoms. The number of esters is 1. The largest absolute Gasteiger partial charge is 0.459 e. The van der Waals surface area contributed by atoms with Gasteiger partial charge in [-0.2, -0.15) is 0 Å². The van der Waals surface area contributed by atoms with Gasteiger partial charge in [-0.3, -0.25) is 4.79 Å². The molecule has 0 radical (unpaired) electrons. The Bertz CT molecular complexity index is 250. The van der Waals surface area contributed by atoms with Crippen LogP contribution < -0.4 is 0 Å². The van der Waals surface area contributed by atoms with Gasteiger partial charge in [0, 0.05) is 6.42 Å². The molecule has 0 N–H and O–H groups in total. The van der Waals surface area contributed by atoms with Crippen LogP contribution in [0.5, 0.6) is 0 Å². The average molecular weight is 167 g/mol. The lowest BCUT2D eigenvalue weighted by atomic mass is 10.4. The van der Waals surface area contributed by atoms with Gasteiger partial charge in [0.1, 0.15) is 12.3 Å². The molecular weight excluding hydrogens is 158 g/mol. The van der Waals surface area contributed by atoms with Crippen LogP contribution in [-0.2, 0) is 16.1 Å². The fourth-order valence-corrected chi connectivity index (χ4v) is 0.599. The van der Waals surface area contributed by atoms with Gasteiger partial charge >= 0.3 is 5.97 Å². The van der Waals surface area contributed by atoms with Gasteiger partial charge in [-0.1, -0.05) is 6.92 Å². The first-order chi connectivity index (χ1) is 5.83. The normalized spacial score (nSPS) is 9.42. The van der Waals surface area contributed by atoms with Gasteiger partial charge in [-0.05, 0) is 11.3 Å². The summed E-state index contributed by atoms with van der Waals surface area (Å²) in [6.07, 6.45) is 1.88. The minimum atomic E-state index is -0.242. The van der Waals surface area contributed by atoms with E-state index in [1.54, 1.807) is 13.0 Å². The van der Waals surface area contributed by atoms with Crippen LogP contribution in [0, 0.1) is 0 Å². The Morgan fingerprint density at radius 1 is 1.67 bits per heavy atom. The number of ether oxygens (including phenoxy) is 1. The van der Waals surface area contributed by atoms with Crippen molar-refractivity contribution in [2.24, 2.45) is 0 Å². The Balaban J connectivity index is 2.38. The highest BCUT2D eigenvalue weighted by Crippen LogP contribution is 1.94. The van der Waals surface area contributed by atoms with Gasteiger partial charge in [0.2, 0.25) is 0 Å². The predicted octanol–water partition coefficient (Wildman–Crippen LogP) is 0.325. The number of carbonyl (C=O) groups is 1. The van der Waals surface area contributed by atoms with Crippen LogP contribution in [0.2, 0.25) is 0 Å². The summed E-state index contributed by atoms with van der Waals surface area (Å²) in [4.78, 5) is 10.7. The van der Waals surface area contributed by atoms with Crippen molar-refractivity contribution in [3.8, 4) is 0 Å². The zero-order valence-corrected chi connectivity index (χ0v) is 6.73. The molecule has 0 aliphatic rings. The second-order valence-electron chi connectivity index (χ2n) is 2.13. The molecule has 0 unspecified atom stereocenters. The number of carbonyl (C=O) groups excluding carboxylic acids is 1. The Morgan fingerprint density at radius 3 is 3.08 bits per heavy atom. The molecule has 5 heteroatoms. The van der Waals surface area contributed by atoms with Crippen LogP contribution in [0.25, 0.3) is 0 Å². The molecule has 0 aliphatic heterocycles. The maximum Gasteiger partial charge on any atom is 0.305 e. The maximum atomic E-state index is 10.7. The second kappa shape index (κ2) is 4.38. The van der Waals surface area contributed by atoms with Crippen molar-refractivity contribution in [2.75, 3.05) is 0 Å². The van der Waals surface area contributed by atoms with E-state index in [-0.39, 0.29) is 12.6 Å². The summed E-state index contributed by atoms with van der Waals surface area (Å²) >= 11 is 0. The van der Waals surface area contributed by atoms with Crippen molar-refractivity contribution in [2.45, 2.75) is 20.0 Å². The Morgan fingerprint density at radius 2 is 2.50 bits per heavy atom. The molecular formula is C7H9N3O2. The van der Waals surface area contributed by atoms with Gasteiger partial charge < -0.3 is 4.74 Å². The molecule has 0 saturated heterocycles. The van der Waals surface area contributed by atoms with E-state index in [1.807, 2.05) is 0 Å². The van der Waals surface area contributed by atoms with E-state index in [9.17, 15) is 4.79 Å². The monoisotopic (exact) mass is 167 g/mol. The lowest BCUT2D eigenvalue weighted by Crippen LogP contribution is -2.04. The summed E-state index contributed by atoms with van der Waals surface area (Å²) < 4.78 is 4.81. The molecule has 64 valence electrons. The van der Waals surface area contributed by atoms with Crippen LogP contribution in [0.15, 0.2) is 12.3 Å². The summed E-state index contributed by atoms with van der Waals surface area (Å²) in [7, 11) is 0. The highest BCUT2D eigenvalue weighted by molar-refractivity contribution is 5.68. The van der Waals surface area contributed by atoms with Crippen molar-refractivity contribution in [1.29, 1.82) is 0 Å². The number of nitrogens with zero attached hydrogens (tertiary/aromatic N) is 3. The summed E-state index contributed by atoms with van der Waals surface area (Å²) in [6.45, 7) is 1.91. The third-order valence-electron chi connectivity index (χ3n) is 1.23. The average Bonchev–Trinajstić information content (AvgIpc) is 2.16. The Labute approximate surface area is 69.8 Å². The van der Waals surface area contributed by atoms with Gasteiger partial charge in [-0.15, -0.1) is 10.2 Å². The molecule has 0 fully saturated rings. The Hall–Kier alpha value is -1.52. The van der Waals surface area contributed by atoms with E-state index in [2.05, 4.69) is 15.4 Å². The van der Waals surface area contributed by atoms with Crippen molar-refractivity contribution in [1.82, 2.24) is 15.4 Å². The first-order valence-electron chi connectivity index (χ1n) is 3.61. The van der Waals surface area contributed by atoms with Gasteiger partial charge in [0.25, 0.3) is 0 Å². The van der Waals surface area contributed by atoms with Gasteiger partial charge in [0.05, 0.1) is 6.20 Å². The molecule has 0 saturated carbocycles. The fraction of sp³-hybridized carbons (Fsp3) is 0.429. The summed E-state index contributed by atoms with van der Waals surface area (Å²) in [6, 6.07) is 1.65. The first kappa shape index (κ1) is 8.58. The third-order valence-corrected chi connectivity index (χ3v) is 1.23. The van der Waals surface area contributed by atoms with E-state index >= 15 is 0 Å². The second-order valence-corrected chi connectivity index (χ2v) is 2.13. The highest BCUT2D eigenvalue weighted by atomic mass is 16.5. The molecule has 0 amide bonds. The molecule has 1 heterocycles. The van der Waals surface area contributed by atoms with E-state index < -0.39 is 0 Å². The summed E-state index contributed by atoms with van der Waals surface area (Å²) in [5, 5.41) is 10.5. The summed E-state index contributed by atoms with van der Waals surface area (Å²) in [5.41, 5.74) is 0.604. The number of rotatable bonds is 3. The predicted molar refractivity (Wildman–Crippen MR) is 39.9 cm³/mol. The lowest BCUT2D eigenvalue weighted by Gasteiger charge is -1.99. The van der Waals surface area contributed by atoms with Crippen molar-refractivity contribution < 1.29 is 9.53 Å². The van der Waals surface area contributed by atoms with Gasteiger partial charge in [-0.25, -0.2) is 0 Å². The van der Waals surface area contributed by atoms with Crippen molar-refractivity contribution in [3.05, 3.63) is 18.0 Å². The molecule has 1 aromatic rings. The molecule has 0 bridgehead atoms. The maximum absolute atomic E-state index is 10.7. The van der Waals surface area contributed by atoms with E-state index in [0.717, 1.165) is 0 Å². The van der Waals surface area contributed by atoms with Gasteiger partial charge in [0.15, 0.2) is 0 Å². The van der Waals surface area contributed by atoms with Crippen LogP contribution >= 0.6 is 0 Å². The number of hydrogen-bond acceptors (Lipinski definition) is 5. The Kier molecular flexibility index (Phi) is 3.13. The molecule has 1 aromatic heterocycles. The minimum Gasteiger partial charge on any atom is -0.459 e. The molecule has 0 atom stereocenters. The summed E-state index contributed by atoms with van der Waals surface area (Å²) in [5.74, 6) is -0.242. The first-order valence-corrected chi connectivity index (χ1v) is 3.61. The third kappa shape index (κ3) is 2.61. The van der Waals surface area contributed by atoms with Crippen LogP contribution in [-0.4, -0.2) is 21.4 Å². The van der Waals surface area contributed by atoms with Crippen molar-refractivity contribution >= 4 is 5.97 Å². The van der Waals surface area contributed by atoms with Crippen LogP contribution in [0.1, 0.15) is 19.0 Å². The van der Waals surface area contributed by atoms with E-state index in [0.29, 0.717) is 12.1 Å². The topological polar surface area (TPSA) is 65.0 Å². The van der Waals surface area contributed by atoms with E-state index in [1.165, 1.54) is 6.20 Å². The molecule has 0 aromatic carbocycles. The SMILES string of the molecule is CCC(=O)OCc1ccnnn1. The smallest absolute Gasteiger partial charge is 0.305 e. The standard InChI is InChI=1S/C7H9N3O2/c1-2-7(11)12-5-6-3-4-8-10-9-6/h3-4H,2,5H2,1H3. The number of hydrogen-bond donors (Lipinski definition) is 0. The van der Waals surface area contributed by atoms with E-state index in [4.69, 9.17) is 4.74 Å². The highest BCUT2D eigenvalue weighted by Gasteiger charge is 1.99. The minimum absolute atomic E-state index is 0.169. The molecule has 0 aliphatic carbocycles. The van der Waals surface area contributed by atoms with Crippen LogP contribution in [0.3, 0.4) is 0 Å². The van der Waals surface area contributed by atoms with Crippen LogP contribution in [0.4, 0.5) is 0 Å². The molecule has 1 rings (SSSR count). The zero-order chi connectivity index (χ0) is 8.81. The molecule has 12 heavy (non-hydrogen) atoms.